The minimum atomic E-state index is -0.810. The number of nitrogens with zero attached hydrogens (tertiary/aromatic N) is 3. The molecule has 31 heavy (non-hydrogen) atoms. The maximum absolute atomic E-state index is 13.6. The van der Waals surface area contributed by atoms with Crippen LogP contribution in [0.25, 0.3) is 10.8 Å². The number of hydrogen-bond donors (Lipinski definition) is 1. The van der Waals surface area contributed by atoms with Crippen molar-refractivity contribution >= 4 is 22.4 Å². The summed E-state index contributed by atoms with van der Waals surface area (Å²) in [5.74, 6) is 0.592. The number of ketones is 1. The number of pyridine rings is 1. The molecule has 3 aromatic rings. The summed E-state index contributed by atoms with van der Waals surface area (Å²) in [4.78, 5) is 37.4. The summed E-state index contributed by atoms with van der Waals surface area (Å²) in [6.45, 7) is 1.34. The molecule has 1 saturated carbocycles. The number of Topliss-reactive ketones (excluding diaryl/α,β-unsaturated/α-hetero) is 1. The number of rotatable bonds is 5. The highest BCUT2D eigenvalue weighted by Crippen LogP contribution is 2.43. The fraction of sp³-hybridized carbons (Fsp3) is 0.391. The van der Waals surface area contributed by atoms with Gasteiger partial charge in [0.15, 0.2) is 11.6 Å². The number of anilines is 1. The van der Waals surface area contributed by atoms with Crippen molar-refractivity contribution in [1.29, 1.82) is 0 Å². The molecule has 0 amide bonds. The maximum Gasteiger partial charge on any atom is 0.274 e. The van der Waals surface area contributed by atoms with Crippen LogP contribution in [0, 0.1) is 0 Å². The van der Waals surface area contributed by atoms with E-state index in [2.05, 4.69) is 10.4 Å². The Balaban J connectivity index is 1.63. The van der Waals surface area contributed by atoms with E-state index in [1.807, 2.05) is 25.1 Å². The Labute approximate surface area is 177 Å². The van der Waals surface area contributed by atoms with Gasteiger partial charge in [0.1, 0.15) is 6.67 Å². The second-order valence-electron chi connectivity index (χ2n) is 8.61. The van der Waals surface area contributed by atoms with Crippen molar-refractivity contribution in [3.8, 4) is 0 Å². The van der Waals surface area contributed by atoms with Crippen LogP contribution in [0.1, 0.15) is 53.7 Å². The Morgan fingerprint density at radius 1 is 1.19 bits per heavy atom. The summed E-state index contributed by atoms with van der Waals surface area (Å²) in [6.07, 6.45) is 3.97. The Morgan fingerprint density at radius 3 is 2.68 bits per heavy atom. The number of halogens is 1. The van der Waals surface area contributed by atoms with E-state index in [9.17, 15) is 18.8 Å². The van der Waals surface area contributed by atoms with Gasteiger partial charge < -0.3 is 9.88 Å². The molecule has 2 aliphatic carbocycles. The first-order valence-corrected chi connectivity index (χ1v) is 10.5. The van der Waals surface area contributed by atoms with Crippen molar-refractivity contribution in [3.05, 3.63) is 67.9 Å². The second-order valence-corrected chi connectivity index (χ2v) is 8.61. The fourth-order valence-electron chi connectivity index (χ4n) is 4.59. The number of carbonyl (C=O) groups is 1. The average molecular weight is 422 g/mol. The number of benzene rings is 1. The molecule has 1 aromatic carbocycles. The van der Waals surface area contributed by atoms with Gasteiger partial charge in [0, 0.05) is 36.7 Å². The molecule has 1 fully saturated rings. The van der Waals surface area contributed by atoms with E-state index in [0.717, 1.165) is 16.7 Å². The molecule has 0 saturated heterocycles. The number of hydrogen-bond acceptors (Lipinski definition) is 5. The lowest BCUT2D eigenvalue weighted by Crippen LogP contribution is -2.33. The van der Waals surface area contributed by atoms with Crippen LogP contribution in [0.15, 0.2) is 40.1 Å². The van der Waals surface area contributed by atoms with Crippen LogP contribution in [0.5, 0.6) is 0 Å². The SMILES string of the molecule is C[C@@H](Nc1nn(C)c(=O)c2cc(=O)n(C3(CF)CC3)cc12)c1cccc2c1CCC2=O. The van der Waals surface area contributed by atoms with Gasteiger partial charge >= 0.3 is 0 Å². The second kappa shape index (κ2) is 6.87. The topological polar surface area (TPSA) is 86.0 Å². The Bertz CT molecular complexity index is 1350. The number of aromatic nitrogens is 3. The van der Waals surface area contributed by atoms with Gasteiger partial charge in [-0.25, -0.2) is 9.07 Å². The van der Waals surface area contributed by atoms with Gasteiger partial charge in [-0.1, -0.05) is 18.2 Å². The molecule has 1 atom stereocenters. The fourth-order valence-corrected chi connectivity index (χ4v) is 4.59. The van der Waals surface area contributed by atoms with E-state index >= 15 is 0 Å². The molecule has 1 N–H and O–H groups in total. The minimum Gasteiger partial charge on any atom is -0.362 e. The summed E-state index contributed by atoms with van der Waals surface area (Å²) in [5, 5.41) is 8.48. The highest BCUT2D eigenvalue weighted by Gasteiger charge is 2.45. The third-order valence-electron chi connectivity index (χ3n) is 6.60. The zero-order chi connectivity index (χ0) is 21.9. The molecule has 2 aliphatic rings. The van der Waals surface area contributed by atoms with Crippen LogP contribution in [0.2, 0.25) is 0 Å². The van der Waals surface area contributed by atoms with E-state index in [-0.39, 0.29) is 28.3 Å². The number of nitrogens with one attached hydrogen (secondary N) is 1. The van der Waals surface area contributed by atoms with Crippen LogP contribution in [-0.2, 0) is 19.0 Å². The molecule has 160 valence electrons. The molecule has 0 bridgehead atoms. The molecule has 8 heteroatoms. The van der Waals surface area contributed by atoms with Gasteiger partial charge in [-0.05, 0) is 37.3 Å². The zero-order valence-corrected chi connectivity index (χ0v) is 17.4. The van der Waals surface area contributed by atoms with E-state index in [4.69, 9.17) is 0 Å². The monoisotopic (exact) mass is 422 g/mol. The third kappa shape index (κ3) is 3.00. The zero-order valence-electron chi connectivity index (χ0n) is 17.4. The van der Waals surface area contributed by atoms with E-state index in [1.165, 1.54) is 22.4 Å². The predicted molar refractivity (Wildman–Crippen MR) is 116 cm³/mol. The largest absolute Gasteiger partial charge is 0.362 e. The van der Waals surface area contributed by atoms with Crippen molar-refractivity contribution in [2.24, 2.45) is 7.05 Å². The Morgan fingerprint density at radius 2 is 1.97 bits per heavy atom. The molecule has 0 radical (unpaired) electrons. The van der Waals surface area contributed by atoms with Crippen LogP contribution in [-0.4, -0.2) is 26.8 Å². The average Bonchev–Trinajstić information content (AvgIpc) is 3.47. The highest BCUT2D eigenvalue weighted by atomic mass is 19.1. The first-order chi connectivity index (χ1) is 14.8. The van der Waals surface area contributed by atoms with Crippen molar-refractivity contribution in [2.45, 2.75) is 44.2 Å². The van der Waals surface area contributed by atoms with Gasteiger partial charge in [-0.3, -0.25) is 14.4 Å². The normalized spacial score (nSPS) is 17.6. The quantitative estimate of drug-likeness (QED) is 0.683. The first-order valence-electron chi connectivity index (χ1n) is 10.5. The van der Waals surface area contributed by atoms with Crippen molar-refractivity contribution in [3.63, 3.8) is 0 Å². The van der Waals surface area contributed by atoms with E-state index in [0.29, 0.717) is 36.9 Å². The van der Waals surface area contributed by atoms with Crippen molar-refractivity contribution in [2.75, 3.05) is 12.0 Å². The van der Waals surface area contributed by atoms with Gasteiger partial charge in [-0.15, -0.1) is 0 Å². The molecule has 0 spiro atoms. The van der Waals surface area contributed by atoms with Crippen molar-refractivity contribution in [1.82, 2.24) is 14.3 Å². The molecule has 7 nitrogen and oxygen atoms in total. The molecule has 5 rings (SSSR count). The first kappa shape index (κ1) is 19.7. The number of aryl methyl sites for hydroxylation is 1. The van der Waals surface area contributed by atoms with Crippen LogP contribution < -0.4 is 16.4 Å². The summed E-state index contributed by atoms with van der Waals surface area (Å²) in [7, 11) is 1.53. The lowest BCUT2D eigenvalue weighted by atomic mass is 9.98. The number of carbonyl (C=O) groups excluding carboxylic acids is 1. The number of fused-ring (bicyclic) bond motifs is 2. The Kier molecular flexibility index (Phi) is 4.35. The maximum atomic E-state index is 13.6. The summed E-state index contributed by atoms with van der Waals surface area (Å²) >= 11 is 0. The summed E-state index contributed by atoms with van der Waals surface area (Å²) in [6, 6.07) is 6.80. The molecule has 0 aliphatic heterocycles. The standard InChI is InChI=1S/C23H23FN4O3/c1-13(14-4-3-5-16-15(14)6-7-19(16)29)25-21-18-11-28(23(12-24)8-9-23)20(30)10-17(18)22(31)27(2)26-21/h3-5,10-11,13H,6-9,12H2,1-2H3,(H,25,26)/t13-/m1/s1. The molecule has 2 aromatic heterocycles. The lowest BCUT2D eigenvalue weighted by molar-refractivity contribution is 0.0994. The summed E-state index contributed by atoms with van der Waals surface area (Å²) < 4.78 is 16.3. The Hall–Kier alpha value is -3.29. The van der Waals surface area contributed by atoms with E-state index in [1.54, 1.807) is 6.20 Å². The van der Waals surface area contributed by atoms with Gasteiger partial charge in [0.05, 0.1) is 17.0 Å². The smallest absolute Gasteiger partial charge is 0.274 e. The minimum absolute atomic E-state index is 0.153. The molecular weight excluding hydrogens is 399 g/mol. The molecular formula is C23H23FN4O3. The summed E-state index contributed by atoms with van der Waals surface area (Å²) in [5.41, 5.74) is 1.22. The van der Waals surface area contributed by atoms with Crippen molar-refractivity contribution < 1.29 is 9.18 Å². The van der Waals surface area contributed by atoms with Gasteiger partial charge in [0.25, 0.3) is 11.1 Å². The third-order valence-corrected chi connectivity index (χ3v) is 6.60. The lowest BCUT2D eigenvalue weighted by Gasteiger charge is -2.21. The number of alkyl halides is 1. The highest BCUT2D eigenvalue weighted by molar-refractivity contribution is 6.00. The van der Waals surface area contributed by atoms with E-state index < -0.39 is 12.2 Å². The van der Waals surface area contributed by atoms with Gasteiger partial charge in [0.2, 0.25) is 0 Å². The molecule has 0 unspecified atom stereocenters. The van der Waals surface area contributed by atoms with Crippen LogP contribution >= 0.6 is 0 Å². The van der Waals surface area contributed by atoms with Gasteiger partial charge in [-0.2, -0.15) is 5.10 Å². The van der Waals surface area contributed by atoms with Crippen LogP contribution in [0.3, 0.4) is 0 Å². The molecule has 2 heterocycles. The predicted octanol–water partition coefficient (Wildman–Crippen LogP) is 2.86. The van der Waals surface area contributed by atoms with Crippen LogP contribution in [0.4, 0.5) is 10.2 Å².